The van der Waals surface area contributed by atoms with Gasteiger partial charge in [0, 0.05) is 0 Å². The van der Waals surface area contributed by atoms with Crippen molar-refractivity contribution in [3.63, 3.8) is 0 Å². The summed E-state index contributed by atoms with van der Waals surface area (Å²) in [4.78, 5) is 13.4. The second kappa shape index (κ2) is 10.0. The number of thiazole rings is 1. The number of aromatic nitrogens is 1. The quantitative estimate of drug-likeness (QED) is 0.446. The molecule has 0 saturated carbocycles. The van der Waals surface area contributed by atoms with E-state index in [0.29, 0.717) is 21.5 Å². The highest BCUT2D eigenvalue weighted by molar-refractivity contribution is 7.07. The van der Waals surface area contributed by atoms with Crippen molar-refractivity contribution < 1.29 is 4.74 Å². The zero-order chi connectivity index (χ0) is 24.1. The van der Waals surface area contributed by atoms with Gasteiger partial charge in [0.05, 0.1) is 10.2 Å². The smallest absolute Gasteiger partial charge is 0.273 e. The Morgan fingerprint density at radius 2 is 1.71 bits per heavy atom. The molecule has 0 aliphatic rings. The zero-order valence-electron chi connectivity index (χ0n) is 18.8. The van der Waals surface area contributed by atoms with Crippen molar-refractivity contribution in [2.75, 3.05) is 0 Å². The van der Waals surface area contributed by atoms with E-state index >= 15 is 0 Å². The Labute approximate surface area is 201 Å². The number of ether oxygens (including phenoxy) is 1. The van der Waals surface area contributed by atoms with Crippen LogP contribution in [-0.4, -0.2) is 4.57 Å². The summed E-state index contributed by atoms with van der Waals surface area (Å²) in [5.74, 6) is 0.727. The van der Waals surface area contributed by atoms with E-state index in [2.05, 4.69) is 0 Å². The number of benzene rings is 3. The summed E-state index contributed by atoms with van der Waals surface area (Å²) in [7, 11) is 0. The number of rotatable bonds is 5. The van der Waals surface area contributed by atoms with Crippen LogP contribution < -0.4 is 19.5 Å². The Morgan fingerprint density at radius 3 is 2.38 bits per heavy atom. The van der Waals surface area contributed by atoms with Crippen molar-refractivity contribution >= 4 is 23.0 Å². The molecule has 0 amide bonds. The van der Waals surface area contributed by atoms with E-state index < -0.39 is 0 Å². The standard InChI is InChI=1S/C28H21N3O2S/c1-19-8-9-20(2)25(14-19)31-27(32)26(34-28(31)23(16-29)17-30)15-21-10-12-24(13-11-21)33-18-22-6-4-3-5-7-22/h3-15H,18H2,1-2H3. The fourth-order valence-electron chi connectivity index (χ4n) is 3.50. The van der Waals surface area contributed by atoms with Crippen LogP contribution in [0.3, 0.4) is 0 Å². The van der Waals surface area contributed by atoms with E-state index in [-0.39, 0.29) is 11.1 Å². The number of aryl methyl sites for hydroxylation is 2. The normalized spacial score (nSPS) is 11.0. The van der Waals surface area contributed by atoms with Crippen LogP contribution in [0.5, 0.6) is 5.75 Å². The van der Waals surface area contributed by atoms with Gasteiger partial charge in [0.25, 0.3) is 5.56 Å². The summed E-state index contributed by atoms with van der Waals surface area (Å²) in [6.45, 7) is 4.31. The van der Waals surface area contributed by atoms with E-state index in [1.807, 2.05) is 98.8 Å². The number of nitrogens with zero attached hydrogens (tertiary/aromatic N) is 3. The Morgan fingerprint density at radius 1 is 1.00 bits per heavy atom. The highest BCUT2D eigenvalue weighted by Crippen LogP contribution is 2.16. The third-order valence-corrected chi connectivity index (χ3v) is 6.39. The Kier molecular flexibility index (Phi) is 6.73. The Hall–Kier alpha value is -4.39. The minimum Gasteiger partial charge on any atom is -0.489 e. The molecule has 0 fully saturated rings. The van der Waals surface area contributed by atoms with Crippen LogP contribution in [0.2, 0.25) is 0 Å². The van der Waals surface area contributed by atoms with Gasteiger partial charge in [-0.15, -0.1) is 11.3 Å². The predicted octanol–water partition coefficient (Wildman–Crippen LogP) is 4.12. The molecule has 0 radical (unpaired) electrons. The molecule has 0 saturated heterocycles. The number of hydrogen-bond donors (Lipinski definition) is 0. The maximum Gasteiger partial charge on any atom is 0.273 e. The van der Waals surface area contributed by atoms with Gasteiger partial charge >= 0.3 is 0 Å². The SMILES string of the molecule is Cc1ccc(C)c(-n2c(=C(C#N)C#N)sc(=Cc3ccc(OCc4ccccc4)cc3)c2=O)c1. The van der Waals surface area contributed by atoms with E-state index in [0.717, 1.165) is 39.3 Å². The maximum absolute atomic E-state index is 13.4. The first-order chi connectivity index (χ1) is 16.5. The molecule has 1 heterocycles. The molecule has 1 aromatic heterocycles. The highest BCUT2D eigenvalue weighted by Gasteiger charge is 2.13. The van der Waals surface area contributed by atoms with Gasteiger partial charge in [-0.1, -0.05) is 54.6 Å². The van der Waals surface area contributed by atoms with Crippen molar-refractivity contribution in [3.05, 3.63) is 115 Å². The molecular weight excluding hydrogens is 442 g/mol. The van der Waals surface area contributed by atoms with Gasteiger partial charge in [0.2, 0.25) is 0 Å². The monoisotopic (exact) mass is 463 g/mol. The van der Waals surface area contributed by atoms with Crippen LogP contribution in [0, 0.1) is 36.5 Å². The minimum atomic E-state index is -0.263. The molecule has 3 aromatic carbocycles. The van der Waals surface area contributed by atoms with Crippen LogP contribution in [0.25, 0.3) is 17.3 Å². The molecule has 0 N–H and O–H groups in total. The number of hydrogen-bond acceptors (Lipinski definition) is 5. The molecule has 4 aromatic rings. The Bertz CT molecular complexity index is 1580. The molecule has 4 rings (SSSR count). The van der Waals surface area contributed by atoms with Crippen molar-refractivity contribution in [3.8, 4) is 23.6 Å². The summed E-state index contributed by atoms with van der Waals surface area (Å²) < 4.78 is 8.08. The molecule has 166 valence electrons. The Balaban J connectivity index is 1.75. The summed E-state index contributed by atoms with van der Waals surface area (Å²) in [6, 6.07) is 27.0. The summed E-state index contributed by atoms with van der Waals surface area (Å²) >= 11 is 1.14. The lowest BCUT2D eigenvalue weighted by atomic mass is 10.1. The first-order valence-electron chi connectivity index (χ1n) is 10.6. The molecule has 0 bridgehead atoms. The second-order valence-corrected chi connectivity index (χ2v) is 8.82. The molecule has 0 atom stereocenters. The van der Waals surface area contributed by atoms with Crippen molar-refractivity contribution in [2.24, 2.45) is 0 Å². The fraction of sp³-hybridized carbons (Fsp3) is 0.107. The van der Waals surface area contributed by atoms with Crippen molar-refractivity contribution in [1.29, 1.82) is 10.5 Å². The molecule has 0 aliphatic carbocycles. The lowest BCUT2D eigenvalue weighted by molar-refractivity contribution is 0.306. The van der Waals surface area contributed by atoms with E-state index in [1.54, 1.807) is 6.08 Å². The topological polar surface area (TPSA) is 78.8 Å². The average molecular weight is 464 g/mol. The highest BCUT2D eigenvalue weighted by atomic mass is 32.1. The molecule has 0 unspecified atom stereocenters. The lowest BCUT2D eigenvalue weighted by Gasteiger charge is -2.07. The first-order valence-corrected chi connectivity index (χ1v) is 11.4. The van der Waals surface area contributed by atoms with Crippen LogP contribution in [0.4, 0.5) is 0 Å². The second-order valence-electron chi connectivity index (χ2n) is 7.79. The van der Waals surface area contributed by atoms with E-state index in [4.69, 9.17) is 4.74 Å². The molecular formula is C28H21N3O2S. The van der Waals surface area contributed by atoms with Gasteiger partial charge in [-0.25, -0.2) is 0 Å². The predicted molar refractivity (Wildman–Crippen MR) is 134 cm³/mol. The average Bonchev–Trinajstić information content (AvgIpc) is 3.17. The van der Waals surface area contributed by atoms with Gasteiger partial charge < -0.3 is 4.74 Å². The summed E-state index contributed by atoms with van der Waals surface area (Å²) in [5, 5.41) is 19.0. The van der Waals surface area contributed by atoms with Crippen LogP contribution >= 0.6 is 11.3 Å². The van der Waals surface area contributed by atoms with Crippen LogP contribution in [0.1, 0.15) is 22.3 Å². The molecule has 34 heavy (non-hydrogen) atoms. The fourth-order valence-corrected chi connectivity index (χ4v) is 4.55. The largest absolute Gasteiger partial charge is 0.489 e. The maximum atomic E-state index is 13.4. The molecule has 5 nitrogen and oxygen atoms in total. The van der Waals surface area contributed by atoms with Gasteiger partial charge in [-0.3, -0.25) is 9.36 Å². The van der Waals surface area contributed by atoms with Crippen molar-refractivity contribution in [2.45, 2.75) is 20.5 Å². The molecule has 0 aliphatic heterocycles. The zero-order valence-corrected chi connectivity index (χ0v) is 19.6. The van der Waals surface area contributed by atoms with Gasteiger partial charge in [0.15, 0.2) is 5.57 Å². The van der Waals surface area contributed by atoms with E-state index in [1.165, 1.54) is 4.57 Å². The van der Waals surface area contributed by atoms with Crippen LogP contribution in [0.15, 0.2) is 77.6 Å². The molecule has 0 spiro atoms. The third-order valence-electron chi connectivity index (χ3n) is 5.29. The van der Waals surface area contributed by atoms with Crippen molar-refractivity contribution in [1.82, 2.24) is 4.57 Å². The lowest BCUT2D eigenvalue weighted by Crippen LogP contribution is -2.31. The summed E-state index contributed by atoms with van der Waals surface area (Å²) in [6.07, 6.45) is 1.77. The first kappa shape index (κ1) is 22.8. The third kappa shape index (κ3) is 4.83. The number of nitriles is 2. The van der Waals surface area contributed by atoms with Gasteiger partial charge in [-0.05, 0) is 60.4 Å². The van der Waals surface area contributed by atoms with Gasteiger partial charge in [-0.2, -0.15) is 10.5 Å². The minimum absolute atomic E-state index is 0.0904. The van der Waals surface area contributed by atoms with Gasteiger partial charge in [0.1, 0.15) is 29.2 Å². The van der Waals surface area contributed by atoms with E-state index in [9.17, 15) is 15.3 Å². The van der Waals surface area contributed by atoms with Crippen LogP contribution in [-0.2, 0) is 6.61 Å². The summed E-state index contributed by atoms with van der Waals surface area (Å²) in [5.41, 5.74) is 4.08. The molecule has 6 heteroatoms.